The van der Waals surface area contributed by atoms with E-state index in [1.165, 1.54) is 212 Å². The summed E-state index contributed by atoms with van der Waals surface area (Å²) in [6.07, 6.45) is 102. The molecular weight excluding hydrogens is 1160 g/mol. The molecule has 10 heteroatoms. The maximum atomic E-state index is 12.9. The van der Waals surface area contributed by atoms with E-state index in [0.29, 0.717) is 17.4 Å². The lowest BCUT2D eigenvalue weighted by molar-refractivity contribution is -0.870. The second-order valence-electron chi connectivity index (χ2n) is 27.0. The van der Waals surface area contributed by atoms with Crippen LogP contribution in [0.2, 0.25) is 0 Å². The number of likely N-dealkylation sites (N-methyl/N-ethyl adjacent to an activating group) is 1. The number of hydrogen-bond acceptors (Lipinski definition) is 7. The van der Waals surface area contributed by atoms with Gasteiger partial charge in [0.15, 0.2) is 6.10 Å². The average molecular weight is 1310 g/mol. The fourth-order valence-corrected chi connectivity index (χ4v) is 11.7. The molecule has 0 aliphatic rings. The van der Waals surface area contributed by atoms with Gasteiger partial charge >= 0.3 is 19.8 Å². The van der Waals surface area contributed by atoms with E-state index >= 15 is 0 Å². The Morgan fingerprint density at radius 3 is 0.924 bits per heavy atom. The summed E-state index contributed by atoms with van der Waals surface area (Å²) < 4.78 is 34.8. The zero-order chi connectivity index (χ0) is 66.9. The van der Waals surface area contributed by atoms with Gasteiger partial charge in [-0.25, -0.2) is 4.57 Å². The van der Waals surface area contributed by atoms with E-state index in [1.807, 2.05) is 21.1 Å². The maximum Gasteiger partial charge on any atom is 0.472 e. The molecule has 2 unspecified atom stereocenters. The predicted molar refractivity (Wildman–Crippen MR) is 399 cm³/mol. The van der Waals surface area contributed by atoms with Crippen molar-refractivity contribution in [2.24, 2.45) is 0 Å². The van der Waals surface area contributed by atoms with Gasteiger partial charge in [-0.1, -0.05) is 361 Å². The molecule has 0 spiro atoms. The number of esters is 2. The first-order chi connectivity index (χ1) is 45.0. The first kappa shape index (κ1) is 88.7. The van der Waals surface area contributed by atoms with E-state index in [-0.39, 0.29) is 32.0 Å². The van der Waals surface area contributed by atoms with Crippen molar-refractivity contribution in [3.8, 4) is 0 Å². The van der Waals surface area contributed by atoms with Crippen LogP contribution in [0.5, 0.6) is 0 Å². The number of carbonyl (C=O) groups excluding carboxylic acids is 2. The number of carbonyl (C=O) groups is 2. The Kier molecular flexibility index (Phi) is 69.3. The Labute approximate surface area is 569 Å². The summed E-state index contributed by atoms with van der Waals surface area (Å²) in [6, 6.07) is 0. The third-order valence-electron chi connectivity index (χ3n) is 16.8. The molecule has 0 heterocycles. The molecule has 92 heavy (non-hydrogen) atoms. The fourth-order valence-electron chi connectivity index (χ4n) is 11.0. The molecule has 0 bridgehead atoms. The van der Waals surface area contributed by atoms with Crippen LogP contribution in [0.4, 0.5) is 0 Å². The summed E-state index contributed by atoms with van der Waals surface area (Å²) >= 11 is 0. The van der Waals surface area contributed by atoms with Crippen LogP contribution in [0.3, 0.4) is 0 Å². The summed E-state index contributed by atoms with van der Waals surface area (Å²) in [4.78, 5) is 36.0. The van der Waals surface area contributed by atoms with Gasteiger partial charge in [-0.15, -0.1) is 0 Å². The lowest BCUT2D eigenvalue weighted by Gasteiger charge is -2.24. The minimum Gasteiger partial charge on any atom is -0.462 e. The number of ether oxygens (including phenoxy) is 2. The molecule has 1 N–H and O–H groups in total. The SMILES string of the molecule is CC/C=C\C/C=C\C/C=C\C/C=C\C/C=C\C/C=C\C/C=C\C/C=C\C/C=C\CCCCCCCCCCCCCC(=O)OC(COC(=O)CCCCCCCCCCCCCCCCCCCCCCCCCCCCCCC)COP(=O)(O)OCC[N+](C)(C)C. The molecule has 0 aromatic rings. The summed E-state index contributed by atoms with van der Waals surface area (Å²) in [5, 5.41) is 0. The van der Waals surface area contributed by atoms with Gasteiger partial charge in [0.1, 0.15) is 19.8 Å². The van der Waals surface area contributed by atoms with Crippen molar-refractivity contribution in [3.05, 3.63) is 109 Å². The van der Waals surface area contributed by atoms with E-state index in [0.717, 1.165) is 103 Å². The largest absolute Gasteiger partial charge is 0.472 e. The summed E-state index contributed by atoms with van der Waals surface area (Å²) in [6.45, 7) is 4.36. The van der Waals surface area contributed by atoms with Crippen LogP contribution in [0.1, 0.15) is 348 Å². The van der Waals surface area contributed by atoms with Crippen molar-refractivity contribution < 1.29 is 42.1 Å². The molecule has 0 aliphatic carbocycles. The second-order valence-corrected chi connectivity index (χ2v) is 28.5. The van der Waals surface area contributed by atoms with Gasteiger partial charge in [0.25, 0.3) is 0 Å². The molecule has 0 rings (SSSR count). The second kappa shape index (κ2) is 72.0. The lowest BCUT2D eigenvalue weighted by atomic mass is 10.0. The molecular formula is C82H147NO8P+. The van der Waals surface area contributed by atoms with Crippen LogP contribution in [0.25, 0.3) is 0 Å². The molecule has 0 aromatic carbocycles. The van der Waals surface area contributed by atoms with Gasteiger partial charge in [0, 0.05) is 12.8 Å². The summed E-state index contributed by atoms with van der Waals surface area (Å²) in [5.74, 6) is -0.789. The standard InChI is InChI=1S/C82H146NO8P/c1-6-8-10-12-14-16-18-20-22-24-26-28-30-32-34-36-37-38-39-40-41-42-43-44-45-47-49-51-53-55-57-59-61-63-65-67-69-71-73-75-82(85)91-80(79-90-92(86,87)89-77-76-83(3,4)5)78-88-81(84)74-72-70-68-66-64-62-60-58-56-54-52-50-48-46-35-33-31-29-27-25-23-21-19-17-15-13-11-9-7-2/h8,10,14,16,20,22,26,28,32,34,37-38,40-41,43-44,47,49,80H,6-7,9,11-13,15,17-19,21,23-25,27,29-31,33,35-36,39,42,45-46,48,50-79H2,1-5H3/p+1/b10-8-,16-14-,22-20-,28-26-,34-32-,38-37-,41-40-,44-43-,49-47-. The number of phosphoric ester groups is 1. The first-order valence-electron chi connectivity index (χ1n) is 38.6. The van der Waals surface area contributed by atoms with Gasteiger partial charge < -0.3 is 18.9 Å². The van der Waals surface area contributed by atoms with Gasteiger partial charge in [-0.3, -0.25) is 18.6 Å². The van der Waals surface area contributed by atoms with Crippen LogP contribution in [-0.4, -0.2) is 74.9 Å². The third-order valence-corrected chi connectivity index (χ3v) is 17.8. The quantitative estimate of drug-likeness (QED) is 0.0211. The van der Waals surface area contributed by atoms with Crippen molar-refractivity contribution in [2.45, 2.75) is 354 Å². The predicted octanol–water partition coefficient (Wildman–Crippen LogP) is 25.6. The Balaban J connectivity index is 4.02. The molecule has 2 atom stereocenters. The molecule has 0 radical (unpaired) electrons. The Morgan fingerprint density at radius 2 is 0.620 bits per heavy atom. The maximum absolute atomic E-state index is 12.9. The number of phosphoric acid groups is 1. The minimum absolute atomic E-state index is 0.0290. The zero-order valence-electron chi connectivity index (χ0n) is 60.8. The topological polar surface area (TPSA) is 108 Å². The molecule has 9 nitrogen and oxygen atoms in total. The van der Waals surface area contributed by atoms with Crippen LogP contribution in [-0.2, 0) is 32.7 Å². The monoisotopic (exact) mass is 1310 g/mol. The average Bonchev–Trinajstić information content (AvgIpc) is 2.14. The van der Waals surface area contributed by atoms with E-state index in [4.69, 9.17) is 18.5 Å². The Hall–Kier alpha value is -3.33. The molecule has 0 saturated carbocycles. The van der Waals surface area contributed by atoms with E-state index in [1.54, 1.807) is 0 Å². The molecule has 532 valence electrons. The highest BCUT2D eigenvalue weighted by atomic mass is 31.2. The lowest BCUT2D eigenvalue weighted by Crippen LogP contribution is -2.37. The molecule has 0 aromatic heterocycles. The van der Waals surface area contributed by atoms with Crippen molar-refractivity contribution in [2.75, 3.05) is 47.5 Å². The number of rotatable bonds is 71. The third kappa shape index (κ3) is 75.7. The van der Waals surface area contributed by atoms with Crippen LogP contribution < -0.4 is 0 Å². The van der Waals surface area contributed by atoms with E-state index in [9.17, 15) is 19.0 Å². The molecule has 0 fully saturated rings. The highest BCUT2D eigenvalue weighted by molar-refractivity contribution is 7.47. The zero-order valence-corrected chi connectivity index (χ0v) is 61.7. The fraction of sp³-hybridized carbons (Fsp3) is 0.756. The number of nitrogens with zero attached hydrogens (tertiary/aromatic N) is 1. The first-order valence-corrected chi connectivity index (χ1v) is 40.1. The Morgan fingerprint density at radius 1 is 0.348 bits per heavy atom. The number of allylic oxidation sites excluding steroid dienone is 18. The van der Waals surface area contributed by atoms with Gasteiger partial charge in [0.05, 0.1) is 27.7 Å². The van der Waals surface area contributed by atoms with E-state index < -0.39 is 26.5 Å². The van der Waals surface area contributed by atoms with Gasteiger partial charge in [-0.2, -0.15) is 0 Å². The molecule has 0 aliphatic heterocycles. The van der Waals surface area contributed by atoms with Gasteiger partial charge in [0.2, 0.25) is 0 Å². The van der Waals surface area contributed by atoms with Crippen molar-refractivity contribution >= 4 is 19.8 Å². The van der Waals surface area contributed by atoms with Crippen LogP contribution in [0, 0.1) is 0 Å². The minimum atomic E-state index is -4.40. The van der Waals surface area contributed by atoms with Crippen molar-refractivity contribution in [1.29, 1.82) is 0 Å². The van der Waals surface area contributed by atoms with Crippen molar-refractivity contribution in [3.63, 3.8) is 0 Å². The number of quaternary nitrogens is 1. The van der Waals surface area contributed by atoms with E-state index in [2.05, 4.69) is 123 Å². The normalized spacial score (nSPS) is 13.7. The van der Waals surface area contributed by atoms with Gasteiger partial charge in [-0.05, 0) is 83.5 Å². The molecule has 0 amide bonds. The Bertz CT molecular complexity index is 1920. The number of unbranched alkanes of at least 4 members (excludes halogenated alkanes) is 39. The molecule has 0 saturated heterocycles. The highest BCUT2D eigenvalue weighted by Crippen LogP contribution is 2.43. The highest BCUT2D eigenvalue weighted by Gasteiger charge is 2.27. The number of hydrogen-bond donors (Lipinski definition) is 1. The van der Waals surface area contributed by atoms with Crippen LogP contribution >= 0.6 is 7.82 Å². The van der Waals surface area contributed by atoms with Crippen LogP contribution in [0.15, 0.2) is 109 Å². The smallest absolute Gasteiger partial charge is 0.462 e. The summed E-state index contributed by atoms with van der Waals surface area (Å²) in [5.41, 5.74) is 0. The summed E-state index contributed by atoms with van der Waals surface area (Å²) in [7, 11) is 1.48. The van der Waals surface area contributed by atoms with Crippen molar-refractivity contribution in [1.82, 2.24) is 0 Å².